The highest BCUT2D eigenvalue weighted by Crippen LogP contribution is 2.14. The van der Waals surface area contributed by atoms with Crippen molar-refractivity contribution in [2.75, 3.05) is 13.7 Å². The summed E-state index contributed by atoms with van der Waals surface area (Å²) < 4.78 is 10.4. The molecule has 0 saturated carbocycles. The Hall–Kier alpha value is -4.12. The van der Waals surface area contributed by atoms with Crippen LogP contribution in [0.25, 0.3) is 0 Å². The fraction of sp³-hybridized carbons (Fsp3) is 0.543. The van der Waals surface area contributed by atoms with Crippen LogP contribution >= 0.6 is 0 Å². The van der Waals surface area contributed by atoms with E-state index >= 15 is 0 Å². The number of benzene rings is 2. The van der Waals surface area contributed by atoms with Gasteiger partial charge in [0, 0.05) is 12.5 Å². The predicted octanol–water partition coefficient (Wildman–Crippen LogP) is 4.22. The van der Waals surface area contributed by atoms with E-state index in [4.69, 9.17) is 9.47 Å². The van der Waals surface area contributed by atoms with Gasteiger partial charge in [0.25, 0.3) is 0 Å². The molecule has 0 unspecified atom stereocenters. The molecule has 0 aliphatic heterocycles. The first-order valence-electron chi connectivity index (χ1n) is 15.8. The minimum atomic E-state index is -1.17. The van der Waals surface area contributed by atoms with Crippen LogP contribution in [0.2, 0.25) is 0 Å². The number of amides is 4. The molecule has 2 rings (SSSR count). The molecule has 4 N–H and O–H groups in total. The van der Waals surface area contributed by atoms with Crippen LogP contribution < -0.4 is 16.0 Å². The maximum Gasteiger partial charge on any atom is 0.407 e. The number of rotatable bonds is 15. The van der Waals surface area contributed by atoms with Crippen LogP contribution in [0.1, 0.15) is 66.0 Å². The second kappa shape index (κ2) is 18.1. The minimum Gasteiger partial charge on any atom is -0.467 e. The van der Waals surface area contributed by atoms with Gasteiger partial charge in [0.05, 0.1) is 25.8 Å². The standard InChI is InChI=1S/C35H52N4O7/c1-23(2)19-28(31(41)36-29(32(42)45-8)21-26-17-13-10-14-18-26)37-33(43)39(24(3)4)22-30(40)27(20-25-15-11-9-12-16-25)38-34(44)46-35(5,6)7/h9-18,23-24,27-30,40H,19-22H2,1-8H3,(H,36,41)(H,37,43)(H,38,44)/t27-,28-,29-,30+/m0/s1. The van der Waals surface area contributed by atoms with E-state index in [1.54, 1.807) is 34.6 Å². The zero-order valence-electron chi connectivity index (χ0n) is 28.4. The Bertz CT molecular complexity index is 1250. The molecular weight excluding hydrogens is 588 g/mol. The van der Waals surface area contributed by atoms with E-state index < -0.39 is 53.8 Å². The molecule has 0 heterocycles. The summed E-state index contributed by atoms with van der Waals surface area (Å²) in [4.78, 5) is 53.9. The molecule has 254 valence electrons. The minimum absolute atomic E-state index is 0.0353. The number of carbonyl (C=O) groups is 4. The summed E-state index contributed by atoms with van der Waals surface area (Å²) in [6.45, 7) is 12.6. The van der Waals surface area contributed by atoms with Crippen molar-refractivity contribution in [2.45, 2.75) is 104 Å². The molecule has 0 radical (unpaired) electrons. The van der Waals surface area contributed by atoms with Gasteiger partial charge in [-0.3, -0.25) is 4.79 Å². The summed E-state index contributed by atoms with van der Waals surface area (Å²) in [6, 6.07) is 15.0. The summed E-state index contributed by atoms with van der Waals surface area (Å²) >= 11 is 0. The number of nitrogens with zero attached hydrogens (tertiary/aromatic N) is 1. The number of ether oxygens (including phenoxy) is 2. The van der Waals surface area contributed by atoms with Crippen molar-refractivity contribution in [3.8, 4) is 0 Å². The molecule has 2 aromatic carbocycles. The molecule has 0 aliphatic carbocycles. The maximum atomic E-state index is 13.7. The van der Waals surface area contributed by atoms with Crippen molar-refractivity contribution in [2.24, 2.45) is 5.92 Å². The number of aliphatic hydroxyl groups excluding tert-OH is 1. The number of aliphatic hydroxyl groups is 1. The van der Waals surface area contributed by atoms with Crippen LogP contribution in [-0.4, -0.2) is 83.5 Å². The Labute approximate surface area is 273 Å². The predicted molar refractivity (Wildman–Crippen MR) is 177 cm³/mol. The first-order valence-corrected chi connectivity index (χ1v) is 15.8. The summed E-state index contributed by atoms with van der Waals surface area (Å²) in [5.74, 6) is -1.08. The largest absolute Gasteiger partial charge is 0.467 e. The van der Waals surface area contributed by atoms with Gasteiger partial charge < -0.3 is 35.4 Å². The highest BCUT2D eigenvalue weighted by molar-refractivity contribution is 5.90. The molecule has 0 spiro atoms. The molecule has 0 fully saturated rings. The second-order valence-electron chi connectivity index (χ2n) is 13.2. The zero-order valence-corrected chi connectivity index (χ0v) is 28.4. The van der Waals surface area contributed by atoms with Crippen LogP contribution in [0.15, 0.2) is 60.7 Å². The Kier molecular flexibility index (Phi) is 15.0. The van der Waals surface area contributed by atoms with Crippen molar-refractivity contribution in [1.29, 1.82) is 0 Å². The number of alkyl carbamates (subject to hydrolysis) is 1. The Balaban J connectivity index is 2.23. The lowest BCUT2D eigenvalue weighted by atomic mass is 10.0. The molecule has 4 amide bonds. The first-order chi connectivity index (χ1) is 21.6. The fourth-order valence-corrected chi connectivity index (χ4v) is 4.86. The number of methoxy groups -OCH3 is 1. The van der Waals surface area contributed by atoms with Crippen molar-refractivity contribution >= 4 is 24.0 Å². The molecule has 4 atom stereocenters. The topological polar surface area (TPSA) is 146 Å². The van der Waals surface area contributed by atoms with Gasteiger partial charge in [0.2, 0.25) is 5.91 Å². The number of carbonyl (C=O) groups excluding carboxylic acids is 4. The van der Waals surface area contributed by atoms with Gasteiger partial charge in [0.1, 0.15) is 17.7 Å². The zero-order chi connectivity index (χ0) is 34.4. The van der Waals surface area contributed by atoms with E-state index in [9.17, 15) is 24.3 Å². The average Bonchev–Trinajstić information content (AvgIpc) is 2.97. The molecular formula is C35H52N4O7. The smallest absolute Gasteiger partial charge is 0.407 e. The lowest BCUT2D eigenvalue weighted by Crippen LogP contribution is -2.58. The monoisotopic (exact) mass is 640 g/mol. The first kappa shape index (κ1) is 38.1. The summed E-state index contributed by atoms with van der Waals surface area (Å²) in [7, 11) is 1.26. The number of nitrogens with one attached hydrogen (secondary N) is 3. The lowest BCUT2D eigenvalue weighted by molar-refractivity contribution is -0.145. The summed E-state index contributed by atoms with van der Waals surface area (Å²) in [5, 5.41) is 19.8. The number of hydrogen-bond donors (Lipinski definition) is 4. The van der Waals surface area contributed by atoms with Gasteiger partial charge in [-0.25, -0.2) is 14.4 Å². The normalized spacial score (nSPS) is 14.1. The van der Waals surface area contributed by atoms with Gasteiger partial charge in [0.15, 0.2) is 0 Å². The van der Waals surface area contributed by atoms with Gasteiger partial charge in [-0.1, -0.05) is 74.5 Å². The fourth-order valence-electron chi connectivity index (χ4n) is 4.86. The number of hydrogen-bond acceptors (Lipinski definition) is 7. The SMILES string of the molecule is COC(=O)[C@H](Cc1ccccc1)NC(=O)[C@H](CC(C)C)NC(=O)N(C[C@@H](O)[C@H](Cc1ccccc1)NC(=O)OC(C)(C)C)C(C)C. The maximum absolute atomic E-state index is 13.7. The molecule has 11 heteroatoms. The molecule has 0 bridgehead atoms. The van der Waals surface area contributed by atoms with E-state index in [-0.39, 0.29) is 24.9 Å². The molecule has 0 aliphatic rings. The van der Waals surface area contributed by atoms with E-state index in [1.165, 1.54) is 12.0 Å². The third-order valence-electron chi connectivity index (χ3n) is 7.14. The van der Waals surface area contributed by atoms with Gasteiger partial charge >= 0.3 is 18.1 Å². The van der Waals surface area contributed by atoms with Crippen LogP contribution in [0.4, 0.5) is 9.59 Å². The van der Waals surface area contributed by atoms with Crippen LogP contribution in [0, 0.1) is 5.92 Å². The van der Waals surface area contributed by atoms with E-state index in [0.29, 0.717) is 12.8 Å². The van der Waals surface area contributed by atoms with E-state index in [0.717, 1.165) is 11.1 Å². The van der Waals surface area contributed by atoms with Crippen molar-refractivity contribution in [3.63, 3.8) is 0 Å². The number of urea groups is 1. The Morgan fingerprint density at radius 3 is 1.83 bits per heavy atom. The Morgan fingerprint density at radius 2 is 1.35 bits per heavy atom. The third kappa shape index (κ3) is 13.5. The van der Waals surface area contributed by atoms with Crippen molar-refractivity contribution < 1.29 is 33.8 Å². The van der Waals surface area contributed by atoms with Crippen LogP contribution in [0.3, 0.4) is 0 Å². The van der Waals surface area contributed by atoms with Crippen molar-refractivity contribution in [1.82, 2.24) is 20.9 Å². The van der Waals surface area contributed by atoms with Gasteiger partial charge in [-0.05, 0) is 64.5 Å². The summed E-state index contributed by atoms with van der Waals surface area (Å²) in [5.41, 5.74) is 0.982. The quantitative estimate of drug-likeness (QED) is 0.213. The van der Waals surface area contributed by atoms with Gasteiger partial charge in [-0.2, -0.15) is 0 Å². The number of esters is 1. The highest BCUT2D eigenvalue weighted by Gasteiger charge is 2.32. The molecule has 2 aromatic rings. The van der Waals surface area contributed by atoms with Crippen LogP contribution in [0.5, 0.6) is 0 Å². The van der Waals surface area contributed by atoms with Gasteiger partial charge in [-0.15, -0.1) is 0 Å². The molecule has 11 nitrogen and oxygen atoms in total. The van der Waals surface area contributed by atoms with Crippen LogP contribution in [-0.2, 0) is 31.9 Å². The third-order valence-corrected chi connectivity index (χ3v) is 7.14. The molecule has 46 heavy (non-hydrogen) atoms. The lowest BCUT2D eigenvalue weighted by Gasteiger charge is -2.34. The van der Waals surface area contributed by atoms with Crippen molar-refractivity contribution in [3.05, 3.63) is 71.8 Å². The average molecular weight is 641 g/mol. The molecule has 0 saturated heterocycles. The van der Waals surface area contributed by atoms with E-state index in [2.05, 4.69) is 16.0 Å². The van der Waals surface area contributed by atoms with E-state index in [1.807, 2.05) is 74.5 Å². The highest BCUT2D eigenvalue weighted by atomic mass is 16.6. The second-order valence-corrected chi connectivity index (χ2v) is 13.2. The Morgan fingerprint density at radius 1 is 0.804 bits per heavy atom. The molecule has 0 aromatic heterocycles. The summed E-state index contributed by atoms with van der Waals surface area (Å²) in [6.07, 6.45) is -1.03.